The zero-order valence-corrected chi connectivity index (χ0v) is 25.3. The SMILES string of the molecule is CC(Cc1ccccc1)C[C@@H](C(=O)N[C@H](C(=O)Nc1nccs1)C(C)(C)C)[C@H](COc1cccc([N+](=O)[O-])c1)N(O)C=O. The number of non-ortho nitro benzene ring substituents is 1. The molecule has 2 aromatic carbocycles. The van der Waals surface area contributed by atoms with Crippen molar-refractivity contribution in [2.24, 2.45) is 17.3 Å². The van der Waals surface area contributed by atoms with Crippen molar-refractivity contribution >= 4 is 40.4 Å². The van der Waals surface area contributed by atoms with E-state index in [1.807, 2.05) is 37.3 Å². The Hall–Kier alpha value is -4.36. The summed E-state index contributed by atoms with van der Waals surface area (Å²) in [5, 5.41) is 29.9. The third-order valence-electron chi connectivity index (χ3n) is 6.86. The summed E-state index contributed by atoms with van der Waals surface area (Å²) >= 11 is 1.24. The van der Waals surface area contributed by atoms with Gasteiger partial charge in [0.2, 0.25) is 18.2 Å². The number of carbonyl (C=O) groups excluding carboxylic acids is 3. The summed E-state index contributed by atoms with van der Waals surface area (Å²) in [4.78, 5) is 53.8. The van der Waals surface area contributed by atoms with Gasteiger partial charge in [0.05, 0.1) is 16.9 Å². The van der Waals surface area contributed by atoms with E-state index in [1.165, 1.54) is 35.6 Å². The van der Waals surface area contributed by atoms with E-state index in [-0.39, 0.29) is 36.8 Å². The van der Waals surface area contributed by atoms with Gasteiger partial charge in [0.25, 0.3) is 5.69 Å². The van der Waals surface area contributed by atoms with E-state index in [9.17, 15) is 29.7 Å². The molecule has 1 unspecified atom stereocenters. The van der Waals surface area contributed by atoms with Crippen LogP contribution in [0.4, 0.5) is 10.8 Å². The zero-order valence-electron chi connectivity index (χ0n) is 24.5. The van der Waals surface area contributed by atoms with E-state index in [2.05, 4.69) is 15.6 Å². The summed E-state index contributed by atoms with van der Waals surface area (Å²) in [5.74, 6) is -2.01. The van der Waals surface area contributed by atoms with Gasteiger partial charge in [0.1, 0.15) is 24.4 Å². The lowest BCUT2D eigenvalue weighted by Gasteiger charge is -2.35. The van der Waals surface area contributed by atoms with E-state index < -0.39 is 40.2 Å². The topological polar surface area (TPSA) is 164 Å². The van der Waals surface area contributed by atoms with E-state index in [4.69, 9.17) is 4.74 Å². The van der Waals surface area contributed by atoms with Crippen LogP contribution in [0.25, 0.3) is 0 Å². The summed E-state index contributed by atoms with van der Waals surface area (Å²) in [5.41, 5.74) is 0.135. The highest BCUT2D eigenvalue weighted by molar-refractivity contribution is 7.13. The van der Waals surface area contributed by atoms with Crippen molar-refractivity contribution in [2.75, 3.05) is 11.9 Å². The second kappa shape index (κ2) is 15.2. The number of benzene rings is 2. The molecule has 43 heavy (non-hydrogen) atoms. The number of hydrogen-bond acceptors (Lipinski definition) is 9. The molecule has 0 bridgehead atoms. The first-order chi connectivity index (χ1) is 20.4. The van der Waals surface area contributed by atoms with Gasteiger partial charge >= 0.3 is 0 Å². The van der Waals surface area contributed by atoms with Gasteiger partial charge in [-0.05, 0) is 35.8 Å². The van der Waals surface area contributed by atoms with Crippen molar-refractivity contribution in [1.29, 1.82) is 0 Å². The second-order valence-corrected chi connectivity index (χ2v) is 12.3. The van der Waals surface area contributed by atoms with Crippen LogP contribution < -0.4 is 15.4 Å². The van der Waals surface area contributed by atoms with Crippen molar-refractivity contribution < 1.29 is 29.3 Å². The molecule has 12 nitrogen and oxygen atoms in total. The van der Waals surface area contributed by atoms with Gasteiger partial charge in [0, 0.05) is 17.6 Å². The Kier molecular flexibility index (Phi) is 11.7. The number of anilines is 1. The number of hydroxylamine groups is 2. The van der Waals surface area contributed by atoms with Gasteiger partial charge < -0.3 is 15.4 Å². The van der Waals surface area contributed by atoms with Gasteiger partial charge in [-0.25, -0.2) is 10.0 Å². The zero-order chi connectivity index (χ0) is 31.6. The van der Waals surface area contributed by atoms with Crippen LogP contribution in [0.15, 0.2) is 66.2 Å². The number of ether oxygens (including phenoxy) is 1. The van der Waals surface area contributed by atoms with Gasteiger partial charge in [-0.2, -0.15) is 0 Å². The van der Waals surface area contributed by atoms with E-state index in [0.29, 0.717) is 16.6 Å². The lowest BCUT2D eigenvalue weighted by Crippen LogP contribution is -2.56. The molecule has 3 rings (SSSR count). The number of amides is 3. The van der Waals surface area contributed by atoms with Gasteiger partial charge in [0.15, 0.2) is 5.13 Å². The van der Waals surface area contributed by atoms with E-state index in [1.54, 1.807) is 32.3 Å². The standard InChI is InChI=1S/C30H37N5O7S/c1-20(15-21-9-6-5-7-10-21)16-24(25(34(39)19-36)18-42-23-12-8-11-22(17-23)35(40)41)27(37)32-26(30(2,3)4)28(38)33-29-31-13-14-43-29/h5-14,17,19-20,24-26,39H,15-16,18H2,1-4H3,(H,32,37)(H,31,33,38)/t20?,24-,25+,26-/m1/s1. The molecular formula is C30H37N5O7S. The second-order valence-electron chi connectivity index (χ2n) is 11.4. The van der Waals surface area contributed by atoms with Crippen LogP contribution in [0.3, 0.4) is 0 Å². The minimum atomic E-state index is -1.18. The molecule has 3 aromatic rings. The fraction of sp³-hybridized carbons (Fsp3) is 0.400. The summed E-state index contributed by atoms with van der Waals surface area (Å²) in [6.07, 6.45) is 2.57. The number of hydrogen-bond donors (Lipinski definition) is 3. The maximum Gasteiger partial charge on any atom is 0.273 e. The third-order valence-corrected chi connectivity index (χ3v) is 7.55. The summed E-state index contributed by atoms with van der Waals surface area (Å²) < 4.78 is 5.77. The lowest BCUT2D eigenvalue weighted by molar-refractivity contribution is -0.384. The number of nitrogens with zero attached hydrogens (tertiary/aromatic N) is 3. The fourth-order valence-electron chi connectivity index (χ4n) is 4.68. The van der Waals surface area contributed by atoms with Crippen LogP contribution in [0.1, 0.15) is 39.7 Å². The molecule has 4 atom stereocenters. The predicted molar refractivity (Wildman–Crippen MR) is 162 cm³/mol. The molecular weight excluding hydrogens is 574 g/mol. The van der Waals surface area contributed by atoms with Gasteiger partial charge in [-0.15, -0.1) is 11.3 Å². The molecule has 3 N–H and O–H groups in total. The minimum Gasteiger partial charge on any atom is -0.491 e. The quantitative estimate of drug-likeness (QED) is 0.0963. The molecule has 0 radical (unpaired) electrons. The molecule has 230 valence electrons. The molecule has 1 heterocycles. The van der Waals surface area contributed by atoms with Crippen LogP contribution in [0, 0.1) is 27.4 Å². The number of aromatic nitrogens is 1. The number of nitro groups is 1. The van der Waals surface area contributed by atoms with Crippen molar-refractivity contribution in [3.8, 4) is 5.75 Å². The Bertz CT molecular complexity index is 1360. The number of rotatable bonds is 15. The number of carbonyl (C=O) groups is 3. The van der Waals surface area contributed by atoms with Crippen molar-refractivity contribution in [3.05, 3.63) is 81.9 Å². The number of thiazole rings is 1. The normalized spacial score (nSPS) is 14.1. The minimum absolute atomic E-state index is 0.0873. The van der Waals surface area contributed by atoms with Crippen LogP contribution >= 0.6 is 11.3 Å². The smallest absolute Gasteiger partial charge is 0.273 e. The molecule has 1 aromatic heterocycles. The molecule has 0 saturated carbocycles. The first-order valence-corrected chi connectivity index (χ1v) is 14.6. The van der Waals surface area contributed by atoms with E-state index >= 15 is 0 Å². The molecule has 0 fully saturated rings. The molecule has 0 aliphatic heterocycles. The summed E-state index contributed by atoms with van der Waals surface area (Å²) in [6.45, 7) is 7.01. The van der Waals surface area contributed by atoms with E-state index in [0.717, 1.165) is 5.56 Å². The monoisotopic (exact) mass is 611 g/mol. The molecule has 0 aliphatic carbocycles. The molecule has 0 aliphatic rings. The van der Waals surface area contributed by atoms with Crippen molar-refractivity contribution in [3.63, 3.8) is 0 Å². The Morgan fingerprint density at radius 3 is 2.49 bits per heavy atom. The Morgan fingerprint density at radius 2 is 1.88 bits per heavy atom. The van der Waals surface area contributed by atoms with Crippen molar-refractivity contribution in [1.82, 2.24) is 15.4 Å². The highest BCUT2D eigenvalue weighted by atomic mass is 32.1. The predicted octanol–water partition coefficient (Wildman–Crippen LogP) is 4.70. The number of nitro benzene ring substituents is 1. The van der Waals surface area contributed by atoms with Crippen LogP contribution in [0.5, 0.6) is 5.75 Å². The van der Waals surface area contributed by atoms with Crippen LogP contribution in [0.2, 0.25) is 0 Å². The van der Waals surface area contributed by atoms with Gasteiger partial charge in [-0.1, -0.05) is 64.1 Å². The first kappa shape index (κ1) is 33.1. The maximum atomic E-state index is 14.0. The van der Waals surface area contributed by atoms with Gasteiger partial charge in [-0.3, -0.25) is 29.7 Å². The Morgan fingerprint density at radius 1 is 1.16 bits per heavy atom. The van der Waals surface area contributed by atoms with Crippen LogP contribution in [-0.4, -0.2) is 57.1 Å². The highest BCUT2D eigenvalue weighted by Crippen LogP contribution is 2.27. The average Bonchev–Trinajstić information content (AvgIpc) is 3.48. The maximum absolute atomic E-state index is 14.0. The largest absolute Gasteiger partial charge is 0.491 e. The molecule has 0 spiro atoms. The fourth-order valence-corrected chi connectivity index (χ4v) is 5.21. The number of nitrogens with one attached hydrogen (secondary N) is 2. The Labute approximate surface area is 254 Å². The average molecular weight is 612 g/mol. The highest BCUT2D eigenvalue weighted by Gasteiger charge is 2.39. The van der Waals surface area contributed by atoms with Crippen LogP contribution in [-0.2, 0) is 20.8 Å². The first-order valence-electron chi connectivity index (χ1n) is 13.7. The Balaban J connectivity index is 1.90. The summed E-state index contributed by atoms with van der Waals surface area (Å²) in [6, 6.07) is 13.0. The molecule has 0 saturated heterocycles. The van der Waals surface area contributed by atoms with Crippen molar-refractivity contribution in [2.45, 2.75) is 52.6 Å². The molecule has 3 amide bonds. The molecule has 13 heteroatoms. The third kappa shape index (κ3) is 9.86. The lowest BCUT2D eigenvalue weighted by atomic mass is 9.83. The summed E-state index contributed by atoms with van der Waals surface area (Å²) in [7, 11) is 0.